The summed E-state index contributed by atoms with van der Waals surface area (Å²) in [5.74, 6) is 0.331. The molecule has 0 saturated heterocycles. The third-order valence-corrected chi connectivity index (χ3v) is 2.59. The van der Waals surface area contributed by atoms with E-state index in [1.807, 2.05) is 38.1 Å². The third kappa shape index (κ3) is 5.89. The standard InChI is InChI=1S/C14H19N3O2/c1-14(2,9-13(16)18)17-10-11-4-3-5-12(8-11)19-7-6-15/h3-5,8,17H,7,9-10H2,1-2H3,(H2,16,18). The minimum absolute atomic E-state index is 0.0318. The minimum atomic E-state index is -0.352. The maximum atomic E-state index is 10.9. The van der Waals surface area contributed by atoms with Crippen LogP contribution in [-0.4, -0.2) is 18.1 Å². The molecular formula is C14H19N3O2. The second-order valence-electron chi connectivity index (χ2n) is 4.97. The summed E-state index contributed by atoms with van der Waals surface area (Å²) in [4.78, 5) is 10.9. The van der Waals surface area contributed by atoms with Crippen molar-refractivity contribution in [3.63, 3.8) is 0 Å². The summed E-state index contributed by atoms with van der Waals surface area (Å²) in [7, 11) is 0. The molecule has 0 aliphatic rings. The third-order valence-electron chi connectivity index (χ3n) is 2.59. The Labute approximate surface area is 113 Å². The van der Waals surface area contributed by atoms with Crippen LogP contribution in [0.3, 0.4) is 0 Å². The molecule has 1 rings (SSSR count). The van der Waals surface area contributed by atoms with Gasteiger partial charge < -0.3 is 15.8 Å². The first-order valence-corrected chi connectivity index (χ1v) is 6.05. The Balaban J connectivity index is 2.58. The fourth-order valence-electron chi connectivity index (χ4n) is 1.70. The Morgan fingerprint density at radius 1 is 1.53 bits per heavy atom. The number of rotatable bonds is 7. The van der Waals surface area contributed by atoms with Crippen molar-refractivity contribution in [2.75, 3.05) is 6.61 Å². The smallest absolute Gasteiger partial charge is 0.219 e. The number of benzene rings is 1. The molecule has 0 radical (unpaired) electrons. The van der Waals surface area contributed by atoms with Crippen LogP contribution in [0.5, 0.6) is 5.75 Å². The maximum absolute atomic E-state index is 10.9. The molecule has 5 heteroatoms. The normalized spacial score (nSPS) is 10.8. The molecule has 1 aromatic carbocycles. The van der Waals surface area contributed by atoms with E-state index >= 15 is 0 Å². The van der Waals surface area contributed by atoms with E-state index in [1.165, 1.54) is 0 Å². The molecule has 0 aromatic heterocycles. The zero-order valence-electron chi connectivity index (χ0n) is 11.3. The van der Waals surface area contributed by atoms with E-state index in [4.69, 9.17) is 15.7 Å². The predicted molar refractivity (Wildman–Crippen MR) is 72.3 cm³/mol. The first kappa shape index (κ1) is 15.0. The van der Waals surface area contributed by atoms with Crippen molar-refractivity contribution in [3.8, 4) is 11.8 Å². The highest BCUT2D eigenvalue weighted by molar-refractivity contribution is 5.74. The largest absolute Gasteiger partial charge is 0.479 e. The van der Waals surface area contributed by atoms with E-state index in [0.29, 0.717) is 12.3 Å². The van der Waals surface area contributed by atoms with Gasteiger partial charge in [0.1, 0.15) is 11.8 Å². The molecule has 5 nitrogen and oxygen atoms in total. The van der Waals surface area contributed by atoms with Crippen molar-refractivity contribution >= 4 is 5.91 Å². The number of nitriles is 1. The van der Waals surface area contributed by atoms with Crippen LogP contribution in [0.25, 0.3) is 0 Å². The number of amides is 1. The van der Waals surface area contributed by atoms with E-state index < -0.39 is 0 Å². The number of hydrogen-bond acceptors (Lipinski definition) is 4. The van der Waals surface area contributed by atoms with Gasteiger partial charge in [-0.15, -0.1) is 0 Å². The summed E-state index contributed by atoms with van der Waals surface area (Å²) in [6.45, 7) is 4.48. The molecule has 0 spiro atoms. The van der Waals surface area contributed by atoms with Crippen LogP contribution in [0.15, 0.2) is 24.3 Å². The van der Waals surface area contributed by atoms with Gasteiger partial charge in [0.15, 0.2) is 6.61 Å². The van der Waals surface area contributed by atoms with Gasteiger partial charge in [0.05, 0.1) is 0 Å². The van der Waals surface area contributed by atoms with Gasteiger partial charge in [-0.25, -0.2) is 0 Å². The average Bonchev–Trinajstić information content (AvgIpc) is 2.33. The number of nitrogens with zero attached hydrogens (tertiary/aromatic N) is 1. The first-order valence-electron chi connectivity index (χ1n) is 6.05. The van der Waals surface area contributed by atoms with Crippen LogP contribution in [0, 0.1) is 11.3 Å². The van der Waals surface area contributed by atoms with Gasteiger partial charge in [-0.05, 0) is 31.5 Å². The van der Waals surface area contributed by atoms with Crippen LogP contribution < -0.4 is 15.8 Å². The molecule has 3 N–H and O–H groups in total. The maximum Gasteiger partial charge on any atom is 0.219 e. The van der Waals surface area contributed by atoms with Crippen LogP contribution in [-0.2, 0) is 11.3 Å². The highest BCUT2D eigenvalue weighted by Gasteiger charge is 2.19. The molecule has 1 aromatic rings. The van der Waals surface area contributed by atoms with Crippen molar-refractivity contribution in [1.29, 1.82) is 5.26 Å². The van der Waals surface area contributed by atoms with Crippen molar-refractivity contribution in [1.82, 2.24) is 5.32 Å². The lowest BCUT2D eigenvalue weighted by molar-refractivity contribution is -0.119. The molecule has 0 fully saturated rings. The van der Waals surface area contributed by atoms with Gasteiger partial charge in [0.2, 0.25) is 5.91 Å². The SMILES string of the molecule is CC(C)(CC(N)=O)NCc1cccc(OCC#N)c1. The van der Waals surface area contributed by atoms with E-state index in [1.54, 1.807) is 6.07 Å². The van der Waals surface area contributed by atoms with Crippen LogP contribution in [0.4, 0.5) is 0 Å². The number of carbonyl (C=O) groups is 1. The lowest BCUT2D eigenvalue weighted by atomic mass is 10.00. The second kappa shape index (κ2) is 6.76. The highest BCUT2D eigenvalue weighted by atomic mass is 16.5. The van der Waals surface area contributed by atoms with Crippen LogP contribution in [0.2, 0.25) is 0 Å². The number of nitrogens with two attached hydrogens (primary N) is 1. The quantitative estimate of drug-likeness (QED) is 0.775. The number of ether oxygens (including phenoxy) is 1. The van der Waals surface area contributed by atoms with Crippen molar-refractivity contribution in [2.45, 2.75) is 32.4 Å². The lowest BCUT2D eigenvalue weighted by Gasteiger charge is -2.25. The molecule has 0 heterocycles. The first-order chi connectivity index (χ1) is 8.93. The lowest BCUT2D eigenvalue weighted by Crippen LogP contribution is -2.42. The van der Waals surface area contributed by atoms with Crippen LogP contribution >= 0.6 is 0 Å². The molecule has 0 saturated carbocycles. The summed E-state index contributed by atoms with van der Waals surface area (Å²) in [6, 6.07) is 9.41. The van der Waals surface area contributed by atoms with Crippen molar-refractivity contribution in [2.24, 2.45) is 5.73 Å². The van der Waals surface area contributed by atoms with Gasteiger partial charge in [0, 0.05) is 18.5 Å². The molecule has 0 aliphatic carbocycles. The second-order valence-corrected chi connectivity index (χ2v) is 4.97. The molecular weight excluding hydrogens is 242 g/mol. The predicted octanol–water partition coefficient (Wildman–Crippen LogP) is 1.33. The molecule has 0 atom stereocenters. The average molecular weight is 261 g/mol. The van der Waals surface area contributed by atoms with Crippen molar-refractivity contribution < 1.29 is 9.53 Å². The summed E-state index contributed by atoms with van der Waals surface area (Å²) < 4.78 is 5.23. The van der Waals surface area contributed by atoms with Gasteiger partial charge in [-0.3, -0.25) is 4.79 Å². The summed E-state index contributed by atoms with van der Waals surface area (Å²) in [6.07, 6.45) is 0.275. The molecule has 19 heavy (non-hydrogen) atoms. The number of carbonyl (C=O) groups excluding carboxylic acids is 1. The van der Waals surface area contributed by atoms with E-state index in [0.717, 1.165) is 5.56 Å². The Morgan fingerprint density at radius 3 is 2.89 bits per heavy atom. The number of nitrogens with one attached hydrogen (secondary N) is 1. The minimum Gasteiger partial charge on any atom is -0.479 e. The van der Waals surface area contributed by atoms with E-state index in [-0.39, 0.29) is 24.5 Å². The fourth-order valence-corrected chi connectivity index (χ4v) is 1.70. The van der Waals surface area contributed by atoms with Gasteiger partial charge in [-0.1, -0.05) is 12.1 Å². The highest BCUT2D eigenvalue weighted by Crippen LogP contribution is 2.15. The number of hydrogen-bond donors (Lipinski definition) is 2. The van der Waals surface area contributed by atoms with Gasteiger partial charge >= 0.3 is 0 Å². The van der Waals surface area contributed by atoms with Crippen molar-refractivity contribution in [3.05, 3.63) is 29.8 Å². The monoisotopic (exact) mass is 261 g/mol. The Kier molecular flexibility index (Phi) is 5.34. The Bertz CT molecular complexity index is 478. The molecule has 0 bridgehead atoms. The zero-order chi connectivity index (χ0) is 14.3. The molecule has 0 unspecified atom stereocenters. The van der Waals surface area contributed by atoms with Gasteiger partial charge in [0.25, 0.3) is 0 Å². The Morgan fingerprint density at radius 2 is 2.26 bits per heavy atom. The molecule has 1 amide bonds. The fraction of sp³-hybridized carbons (Fsp3) is 0.429. The molecule has 102 valence electrons. The van der Waals surface area contributed by atoms with E-state index in [9.17, 15) is 4.79 Å². The Hall–Kier alpha value is -2.06. The number of primary amides is 1. The van der Waals surface area contributed by atoms with Gasteiger partial charge in [-0.2, -0.15) is 5.26 Å². The summed E-state index contributed by atoms with van der Waals surface area (Å²) in [5, 5.41) is 11.7. The van der Waals surface area contributed by atoms with Crippen LogP contribution in [0.1, 0.15) is 25.8 Å². The summed E-state index contributed by atoms with van der Waals surface area (Å²) >= 11 is 0. The zero-order valence-corrected chi connectivity index (χ0v) is 11.3. The molecule has 0 aliphatic heterocycles. The topological polar surface area (TPSA) is 88.1 Å². The van der Waals surface area contributed by atoms with E-state index in [2.05, 4.69) is 5.32 Å². The summed E-state index contributed by atoms with van der Waals surface area (Å²) in [5.41, 5.74) is 5.87.